The molecule has 0 aliphatic carbocycles. The van der Waals surface area contributed by atoms with E-state index in [1.54, 1.807) is 12.1 Å². The number of hydrogen-bond donors (Lipinski definition) is 3. The van der Waals surface area contributed by atoms with Gasteiger partial charge < -0.3 is 16.4 Å². The first-order valence-corrected chi connectivity index (χ1v) is 10.0. The molecule has 32 heavy (non-hydrogen) atoms. The molecule has 0 radical (unpaired) electrons. The van der Waals surface area contributed by atoms with Gasteiger partial charge in [-0.05, 0) is 55.3 Å². The molecule has 3 rings (SSSR count). The number of rotatable bonds is 7. The summed E-state index contributed by atoms with van der Waals surface area (Å²) in [6.07, 6.45) is -2.94. The molecule has 1 aliphatic heterocycles. The van der Waals surface area contributed by atoms with Crippen LogP contribution in [0.2, 0.25) is 0 Å². The lowest BCUT2D eigenvalue weighted by molar-refractivity contribution is -0.137. The minimum Gasteiger partial charge on any atom is -0.368 e. The molecule has 1 heterocycles. The maximum atomic E-state index is 12.6. The van der Waals surface area contributed by atoms with Gasteiger partial charge in [0.1, 0.15) is 0 Å². The SMILES string of the molecule is NC(=O)C1CCCN1Cc1ccccc1NC(=O)CNC(=O)c1ccc(C(F)(F)F)cc1. The van der Waals surface area contributed by atoms with Gasteiger partial charge in [-0.3, -0.25) is 19.3 Å². The van der Waals surface area contributed by atoms with E-state index >= 15 is 0 Å². The maximum Gasteiger partial charge on any atom is 0.416 e. The molecule has 10 heteroatoms. The number of para-hydroxylation sites is 1. The van der Waals surface area contributed by atoms with E-state index in [0.717, 1.165) is 42.8 Å². The fraction of sp³-hybridized carbons (Fsp3) is 0.318. The summed E-state index contributed by atoms with van der Waals surface area (Å²) in [4.78, 5) is 38.0. The number of halogens is 3. The molecule has 1 fully saturated rings. The second-order valence-electron chi connectivity index (χ2n) is 7.49. The Morgan fingerprint density at radius 1 is 1.06 bits per heavy atom. The van der Waals surface area contributed by atoms with Crippen LogP contribution in [-0.4, -0.2) is 41.8 Å². The lowest BCUT2D eigenvalue weighted by atomic mass is 10.1. The van der Waals surface area contributed by atoms with Crippen molar-refractivity contribution in [3.63, 3.8) is 0 Å². The van der Waals surface area contributed by atoms with Crippen molar-refractivity contribution >= 4 is 23.4 Å². The zero-order chi connectivity index (χ0) is 23.3. The molecule has 1 saturated heterocycles. The van der Waals surface area contributed by atoms with E-state index < -0.39 is 23.6 Å². The molecule has 2 aromatic carbocycles. The van der Waals surface area contributed by atoms with Gasteiger partial charge in [0, 0.05) is 17.8 Å². The van der Waals surface area contributed by atoms with E-state index in [-0.39, 0.29) is 24.1 Å². The number of alkyl halides is 3. The van der Waals surface area contributed by atoms with Crippen LogP contribution in [0, 0.1) is 0 Å². The highest BCUT2D eigenvalue weighted by Crippen LogP contribution is 2.29. The van der Waals surface area contributed by atoms with E-state index in [0.29, 0.717) is 18.7 Å². The first kappa shape index (κ1) is 23.3. The molecule has 0 saturated carbocycles. The number of nitrogens with one attached hydrogen (secondary N) is 2. The highest BCUT2D eigenvalue weighted by Gasteiger charge is 2.30. The molecule has 0 spiro atoms. The fourth-order valence-corrected chi connectivity index (χ4v) is 3.60. The van der Waals surface area contributed by atoms with Gasteiger partial charge in [0.2, 0.25) is 11.8 Å². The number of carbonyl (C=O) groups excluding carboxylic acids is 3. The second-order valence-corrected chi connectivity index (χ2v) is 7.49. The van der Waals surface area contributed by atoms with Crippen LogP contribution < -0.4 is 16.4 Å². The van der Waals surface area contributed by atoms with Crippen LogP contribution in [0.3, 0.4) is 0 Å². The van der Waals surface area contributed by atoms with Crippen LogP contribution in [0.1, 0.15) is 34.3 Å². The van der Waals surface area contributed by atoms with Crippen molar-refractivity contribution in [2.24, 2.45) is 5.73 Å². The summed E-state index contributed by atoms with van der Waals surface area (Å²) in [7, 11) is 0. The summed E-state index contributed by atoms with van der Waals surface area (Å²) in [6, 6.07) is 10.5. The van der Waals surface area contributed by atoms with Crippen LogP contribution in [0.25, 0.3) is 0 Å². The van der Waals surface area contributed by atoms with Gasteiger partial charge in [0.25, 0.3) is 5.91 Å². The van der Waals surface area contributed by atoms with Gasteiger partial charge in [0.05, 0.1) is 18.2 Å². The standard InChI is InChI=1S/C22H23F3N4O3/c23-22(24,25)16-9-7-14(8-10-16)21(32)27-12-19(30)28-17-5-2-1-4-15(17)13-29-11-3-6-18(29)20(26)31/h1-2,4-5,7-10,18H,3,6,11-13H2,(H2,26,31)(H,27,32)(H,28,30). The Morgan fingerprint density at radius 2 is 1.75 bits per heavy atom. The molecular weight excluding hydrogens is 425 g/mol. The van der Waals surface area contributed by atoms with Gasteiger partial charge in [-0.2, -0.15) is 13.2 Å². The summed E-state index contributed by atoms with van der Waals surface area (Å²) in [5.41, 5.74) is 5.94. The topological polar surface area (TPSA) is 105 Å². The third-order valence-corrected chi connectivity index (χ3v) is 5.24. The fourth-order valence-electron chi connectivity index (χ4n) is 3.60. The van der Waals surface area contributed by atoms with E-state index in [2.05, 4.69) is 10.6 Å². The van der Waals surface area contributed by atoms with Crippen LogP contribution in [0.5, 0.6) is 0 Å². The highest BCUT2D eigenvalue weighted by atomic mass is 19.4. The molecule has 2 aromatic rings. The highest BCUT2D eigenvalue weighted by molar-refractivity contribution is 5.99. The van der Waals surface area contributed by atoms with Gasteiger partial charge in [0.15, 0.2) is 0 Å². The number of hydrogen-bond acceptors (Lipinski definition) is 4. The summed E-state index contributed by atoms with van der Waals surface area (Å²) in [5.74, 6) is -1.54. The molecule has 4 N–H and O–H groups in total. The Morgan fingerprint density at radius 3 is 2.41 bits per heavy atom. The molecule has 1 aliphatic rings. The Labute approximate surface area is 182 Å². The van der Waals surface area contributed by atoms with Crippen molar-refractivity contribution in [3.05, 3.63) is 65.2 Å². The van der Waals surface area contributed by atoms with Gasteiger partial charge >= 0.3 is 6.18 Å². The van der Waals surface area contributed by atoms with Crippen molar-refractivity contribution in [3.8, 4) is 0 Å². The van der Waals surface area contributed by atoms with Gasteiger partial charge in [-0.1, -0.05) is 18.2 Å². The molecule has 3 amide bonds. The summed E-state index contributed by atoms with van der Waals surface area (Å²) in [5, 5.41) is 5.11. The Balaban J connectivity index is 1.57. The predicted molar refractivity (Wildman–Crippen MR) is 111 cm³/mol. The number of nitrogens with zero attached hydrogens (tertiary/aromatic N) is 1. The molecule has 0 bridgehead atoms. The number of carbonyl (C=O) groups is 3. The molecule has 170 valence electrons. The molecule has 7 nitrogen and oxygen atoms in total. The summed E-state index contributed by atoms with van der Waals surface area (Å²) < 4.78 is 37.9. The minimum absolute atomic E-state index is 0.0118. The Kier molecular flexibility index (Phi) is 7.14. The van der Waals surface area contributed by atoms with Crippen molar-refractivity contribution in [2.75, 3.05) is 18.4 Å². The second kappa shape index (κ2) is 9.82. The number of amides is 3. The van der Waals surface area contributed by atoms with Crippen molar-refractivity contribution in [2.45, 2.75) is 31.6 Å². The normalized spacial score (nSPS) is 16.5. The van der Waals surface area contributed by atoms with Crippen LogP contribution >= 0.6 is 0 Å². The first-order valence-electron chi connectivity index (χ1n) is 10.0. The van der Waals surface area contributed by atoms with E-state index in [1.165, 1.54) is 0 Å². The smallest absolute Gasteiger partial charge is 0.368 e. The minimum atomic E-state index is -4.49. The van der Waals surface area contributed by atoms with Crippen LogP contribution in [0.4, 0.5) is 18.9 Å². The lowest BCUT2D eigenvalue weighted by Crippen LogP contribution is -2.40. The number of anilines is 1. The van der Waals surface area contributed by atoms with Crippen molar-refractivity contribution < 1.29 is 27.6 Å². The van der Waals surface area contributed by atoms with Crippen LogP contribution in [-0.2, 0) is 22.3 Å². The molecular formula is C22H23F3N4O3. The van der Waals surface area contributed by atoms with E-state index in [9.17, 15) is 27.6 Å². The molecule has 1 unspecified atom stereocenters. The third kappa shape index (κ3) is 5.85. The average molecular weight is 448 g/mol. The van der Waals surface area contributed by atoms with Crippen LogP contribution in [0.15, 0.2) is 48.5 Å². The average Bonchev–Trinajstić information content (AvgIpc) is 3.21. The number of likely N-dealkylation sites (tertiary alicyclic amines) is 1. The van der Waals surface area contributed by atoms with Crippen molar-refractivity contribution in [1.82, 2.24) is 10.2 Å². The number of nitrogens with two attached hydrogens (primary N) is 1. The molecule has 1 atom stereocenters. The third-order valence-electron chi connectivity index (χ3n) is 5.24. The largest absolute Gasteiger partial charge is 0.416 e. The Hall–Kier alpha value is -3.40. The molecule has 0 aromatic heterocycles. The maximum absolute atomic E-state index is 12.6. The predicted octanol–water partition coefficient (Wildman–Crippen LogP) is 2.52. The summed E-state index contributed by atoms with van der Waals surface area (Å²) in [6.45, 7) is 0.795. The quantitative estimate of drug-likeness (QED) is 0.606. The monoisotopic (exact) mass is 448 g/mol. The van der Waals surface area contributed by atoms with E-state index in [4.69, 9.17) is 5.73 Å². The lowest BCUT2D eigenvalue weighted by Gasteiger charge is -2.23. The zero-order valence-corrected chi connectivity index (χ0v) is 17.1. The number of primary amides is 1. The Bertz CT molecular complexity index is 993. The van der Waals surface area contributed by atoms with Gasteiger partial charge in [-0.15, -0.1) is 0 Å². The van der Waals surface area contributed by atoms with Gasteiger partial charge in [-0.25, -0.2) is 0 Å². The van der Waals surface area contributed by atoms with Crippen molar-refractivity contribution in [1.29, 1.82) is 0 Å². The first-order chi connectivity index (χ1) is 15.1. The zero-order valence-electron chi connectivity index (χ0n) is 17.1. The summed E-state index contributed by atoms with van der Waals surface area (Å²) >= 11 is 0. The van der Waals surface area contributed by atoms with E-state index in [1.807, 2.05) is 17.0 Å². The number of benzene rings is 2.